The number of anilines is 1. The Bertz CT molecular complexity index is 452. The Labute approximate surface area is 101 Å². The summed E-state index contributed by atoms with van der Waals surface area (Å²) in [7, 11) is 1.84. The summed E-state index contributed by atoms with van der Waals surface area (Å²) in [6, 6.07) is 11.8. The third-order valence-electron chi connectivity index (χ3n) is 2.53. The van der Waals surface area contributed by atoms with Crippen LogP contribution in [0, 0.1) is 0 Å². The highest BCUT2D eigenvalue weighted by Crippen LogP contribution is 2.23. The van der Waals surface area contributed by atoms with E-state index in [0.29, 0.717) is 0 Å². The molecule has 1 aromatic carbocycles. The van der Waals surface area contributed by atoms with E-state index in [9.17, 15) is 0 Å². The molecule has 2 aromatic rings. The molecule has 0 fully saturated rings. The van der Waals surface area contributed by atoms with E-state index < -0.39 is 0 Å². The average Bonchev–Trinajstić information content (AvgIpc) is 2.39. The minimum atomic E-state index is 0.789. The summed E-state index contributed by atoms with van der Waals surface area (Å²) >= 11 is 0. The molecular formula is C14H16N2O. The highest BCUT2D eigenvalue weighted by atomic mass is 16.5. The summed E-state index contributed by atoms with van der Waals surface area (Å²) in [5.41, 5.74) is 1.27. The van der Waals surface area contributed by atoms with Gasteiger partial charge in [-0.3, -0.25) is 0 Å². The summed E-state index contributed by atoms with van der Waals surface area (Å²) in [5.74, 6) is 2.45. The number of ether oxygens (including phenoxy) is 1. The second-order valence-corrected chi connectivity index (χ2v) is 3.73. The van der Waals surface area contributed by atoms with Crippen LogP contribution in [0.1, 0.15) is 12.5 Å². The third kappa shape index (κ3) is 2.97. The molecule has 0 atom stereocenters. The maximum atomic E-state index is 5.78. The number of pyridine rings is 1. The van der Waals surface area contributed by atoms with Gasteiger partial charge < -0.3 is 10.1 Å². The van der Waals surface area contributed by atoms with Crippen molar-refractivity contribution >= 4 is 5.82 Å². The first kappa shape index (κ1) is 11.5. The predicted octanol–water partition coefficient (Wildman–Crippen LogP) is 3.48. The fourth-order valence-corrected chi connectivity index (χ4v) is 1.58. The van der Waals surface area contributed by atoms with E-state index in [1.165, 1.54) is 5.56 Å². The molecular weight excluding hydrogens is 212 g/mol. The number of hydrogen-bond acceptors (Lipinski definition) is 3. The topological polar surface area (TPSA) is 34.1 Å². The average molecular weight is 228 g/mol. The molecule has 0 unspecified atom stereocenters. The lowest BCUT2D eigenvalue weighted by atomic mass is 10.2. The summed E-state index contributed by atoms with van der Waals surface area (Å²) in [4.78, 5) is 4.14. The molecule has 1 heterocycles. The van der Waals surface area contributed by atoms with Crippen LogP contribution in [-0.4, -0.2) is 12.0 Å². The molecule has 0 spiro atoms. The first-order chi connectivity index (χ1) is 8.31. The monoisotopic (exact) mass is 228 g/mol. The van der Waals surface area contributed by atoms with Crippen LogP contribution in [0.15, 0.2) is 42.6 Å². The molecule has 1 N–H and O–H groups in total. The summed E-state index contributed by atoms with van der Waals surface area (Å²) < 4.78 is 5.78. The minimum Gasteiger partial charge on any atom is -0.457 e. The minimum absolute atomic E-state index is 0.789. The molecule has 0 saturated heterocycles. The molecule has 3 nitrogen and oxygen atoms in total. The SMILES string of the molecule is CCc1cccc(Oc2ccnc(NC)c2)c1. The van der Waals surface area contributed by atoms with Gasteiger partial charge in [0.05, 0.1) is 0 Å². The third-order valence-corrected chi connectivity index (χ3v) is 2.53. The number of rotatable bonds is 4. The van der Waals surface area contributed by atoms with Gasteiger partial charge in [-0.1, -0.05) is 19.1 Å². The molecule has 0 radical (unpaired) electrons. The van der Waals surface area contributed by atoms with Crippen LogP contribution in [0.4, 0.5) is 5.82 Å². The maximum Gasteiger partial charge on any atom is 0.132 e. The van der Waals surface area contributed by atoms with Crippen LogP contribution in [0.3, 0.4) is 0 Å². The van der Waals surface area contributed by atoms with E-state index in [2.05, 4.69) is 29.4 Å². The van der Waals surface area contributed by atoms with Gasteiger partial charge in [-0.15, -0.1) is 0 Å². The smallest absolute Gasteiger partial charge is 0.132 e. The van der Waals surface area contributed by atoms with Crippen LogP contribution in [0.25, 0.3) is 0 Å². The molecule has 17 heavy (non-hydrogen) atoms. The Morgan fingerprint density at radius 2 is 2.00 bits per heavy atom. The van der Waals surface area contributed by atoms with Crippen molar-refractivity contribution < 1.29 is 4.74 Å². The predicted molar refractivity (Wildman–Crippen MR) is 69.7 cm³/mol. The van der Waals surface area contributed by atoms with Gasteiger partial charge in [0.25, 0.3) is 0 Å². The zero-order chi connectivity index (χ0) is 12.1. The van der Waals surface area contributed by atoms with Gasteiger partial charge >= 0.3 is 0 Å². The number of nitrogens with zero attached hydrogens (tertiary/aromatic N) is 1. The number of nitrogens with one attached hydrogen (secondary N) is 1. The molecule has 0 amide bonds. The molecule has 3 heteroatoms. The zero-order valence-corrected chi connectivity index (χ0v) is 10.1. The Morgan fingerprint density at radius 1 is 1.18 bits per heavy atom. The standard InChI is InChI=1S/C14H16N2O/c1-3-11-5-4-6-12(9-11)17-13-7-8-16-14(10-13)15-2/h4-10H,3H2,1-2H3,(H,15,16). The Hall–Kier alpha value is -2.03. The van der Waals surface area contributed by atoms with Gasteiger partial charge in [0.1, 0.15) is 17.3 Å². The van der Waals surface area contributed by atoms with E-state index in [1.54, 1.807) is 6.20 Å². The largest absolute Gasteiger partial charge is 0.457 e. The van der Waals surface area contributed by atoms with Gasteiger partial charge in [-0.05, 0) is 30.2 Å². The fraction of sp³-hybridized carbons (Fsp3) is 0.214. The Balaban J connectivity index is 2.18. The van der Waals surface area contributed by atoms with Crippen molar-refractivity contribution in [3.63, 3.8) is 0 Å². The molecule has 0 aliphatic rings. The number of benzene rings is 1. The van der Waals surface area contributed by atoms with Gasteiger partial charge in [0.2, 0.25) is 0 Å². The van der Waals surface area contributed by atoms with E-state index in [0.717, 1.165) is 23.7 Å². The normalized spacial score (nSPS) is 10.0. The Kier molecular flexibility index (Phi) is 3.60. The number of hydrogen-bond donors (Lipinski definition) is 1. The number of aromatic nitrogens is 1. The molecule has 88 valence electrons. The van der Waals surface area contributed by atoms with Gasteiger partial charge in [0.15, 0.2) is 0 Å². The van der Waals surface area contributed by atoms with Crippen molar-refractivity contribution in [1.82, 2.24) is 4.98 Å². The molecule has 2 rings (SSSR count). The van der Waals surface area contributed by atoms with Gasteiger partial charge in [0, 0.05) is 19.3 Å². The second kappa shape index (κ2) is 5.34. The molecule has 0 bridgehead atoms. The molecule has 0 aliphatic carbocycles. The lowest BCUT2D eigenvalue weighted by molar-refractivity contribution is 0.481. The van der Waals surface area contributed by atoms with Gasteiger partial charge in [-0.2, -0.15) is 0 Å². The summed E-state index contributed by atoms with van der Waals surface area (Å²) in [6.07, 6.45) is 2.74. The fourth-order valence-electron chi connectivity index (χ4n) is 1.58. The van der Waals surface area contributed by atoms with Crippen molar-refractivity contribution in [2.45, 2.75) is 13.3 Å². The van der Waals surface area contributed by atoms with Crippen LogP contribution >= 0.6 is 0 Å². The first-order valence-electron chi connectivity index (χ1n) is 5.72. The summed E-state index contributed by atoms with van der Waals surface area (Å²) in [6.45, 7) is 2.13. The zero-order valence-electron chi connectivity index (χ0n) is 10.1. The molecule has 0 aliphatic heterocycles. The van der Waals surface area contributed by atoms with Crippen molar-refractivity contribution in [3.05, 3.63) is 48.2 Å². The lowest BCUT2D eigenvalue weighted by Gasteiger charge is -2.08. The van der Waals surface area contributed by atoms with Crippen LogP contribution in [0.5, 0.6) is 11.5 Å². The lowest BCUT2D eigenvalue weighted by Crippen LogP contribution is -1.92. The molecule has 1 aromatic heterocycles. The van der Waals surface area contributed by atoms with Gasteiger partial charge in [-0.25, -0.2) is 4.98 Å². The summed E-state index contributed by atoms with van der Waals surface area (Å²) in [5, 5.41) is 2.98. The van der Waals surface area contributed by atoms with Crippen LogP contribution in [-0.2, 0) is 6.42 Å². The van der Waals surface area contributed by atoms with Crippen molar-refractivity contribution in [2.75, 3.05) is 12.4 Å². The quantitative estimate of drug-likeness (QED) is 0.870. The van der Waals surface area contributed by atoms with Crippen LogP contribution < -0.4 is 10.1 Å². The van der Waals surface area contributed by atoms with E-state index in [-0.39, 0.29) is 0 Å². The first-order valence-corrected chi connectivity index (χ1v) is 5.72. The Morgan fingerprint density at radius 3 is 2.76 bits per heavy atom. The van der Waals surface area contributed by atoms with Crippen molar-refractivity contribution in [3.8, 4) is 11.5 Å². The highest BCUT2D eigenvalue weighted by Gasteiger charge is 1.99. The van der Waals surface area contributed by atoms with Crippen molar-refractivity contribution in [2.24, 2.45) is 0 Å². The van der Waals surface area contributed by atoms with E-state index in [4.69, 9.17) is 4.74 Å². The van der Waals surface area contributed by atoms with Crippen molar-refractivity contribution in [1.29, 1.82) is 0 Å². The van der Waals surface area contributed by atoms with Crippen LogP contribution in [0.2, 0.25) is 0 Å². The highest BCUT2D eigenvalue weighted by molar-refractivity contribution is 5.42. The number of aryl methyl sites for hydroxylation is 1. The maximum absolute atomic E-state index is 5.78. The molecule has 0 saturated carbocycles. The van der Waals surface area contributed by atoms with E-state index in [1.807, 2.05) is 31.3 Å². The second-order valence-electron chi connectivity index (χ2n) is 3.73. The van der Waals surface area contributed by atoms with E-state index >= 15 is 0 Å².